The molecule has 0 saturated carbocycles. The Labute approximate surface area is 109 Å². The molecule has 7 heteroatoms. The van der Waals surface area contributed by atoms with Gasteiger partial charge in [0.25, 0.3) is 6.43 Å². The van der Waals surface area contributed by atoms with Crippen LogP contribution in [0.2, 0.25) is 5.15 Å². The molecule has 0 spiro atoms. The topological polar surface area (TPSA) is 39.2 Å². The molecule has 0 aromatic carbocycles. The minimum Gasteiger partial charge on any atom is -0.462 e. The van der Waals surface area contributed by atoms with Gasteiger partial charge >= 0.3 is 5.97 Å². The minimum absolute atomic E-state index is 0.00199. The second-order valence-electron chi connectivity index (χ2n) is 2.73. The fraction of sp³-hybridized carbons (Fsp3) is 0.333. The third-order valence-corrected chi connectivity index (χ3v) is 2.81. The number of ether oxygens (including phenoxy) is 1. The summed E-state index contributed by atoms with van der Waals surface area (Å²) in [5, 5.41) is -0.299. The van der Waals surface area contributed by atoms with E-state index in [1.165, 1.54) is 0 Å². The molecule has 1 aromatic rings. The van der Waals surface area contributed by atoms with Crippen LogP contribution in [0.4, 0.5) is 8.78 Å². The van der Waals surface area contributed by atoms with Gasteiger partial charge < -0.3 is 4.74 Å². The van der Waals surface area contributed by atoms with Crippen molar-refractivity contribution in [2.24, 2.45) is 0 Å². The lowest BCUT2D eigenvalue weighted by molar-refractivity contribution is 0.0524. The van der Waals surface area contributed by atoms with E-state index in [2.05, 4.69) is 4.98 Å². The number of pyridine rings is 1. The number of aromatic nitrogens is 1. The van der Waals surface area contributed by atoms with Crippen LogP contribution in [-0.2, 0) is 4.74 Å². The van der Waals surface area contributed by atoms with Crippen molar-refractivity contribution in [1.29, 1.82) is 0 Å². The smallest absolute Gasteiger partial charge is 0.340 e. The molecule has 1 aromatic heterocycles. The van der Waals surface area contributed by atoms with E-state index in [1.54, 1.807) is 29.5 Å². The van der Waals surface area contributed by atoms with Gasteiger partial charge in [0.05, 0.1) is 17.7 Å². The van der Waals surface area contributed by atoms with Crippen molar-refractivity contribution in [3.63, 3.8) is 0 Å². The van der Waals surface area contributed by atoms with E-state index < -0.39 is 18.0 Å². The molecule has 0 fully saturated rings. The molecule has 1 heterocycles. The first-order valence-electron chi connectivity index (χ1n) is 4.28. The van der Waals surface area contributed by atoms with Crippen LogP contribution in [0, 0.1) is 3.70 Å². The second-order valence-corrected chi connectivity index (χ2v) is 4.11. The second kappa shape index (κ2) is 5.72. The molecule has 0 bridgehead atoms. The molecule has 0 N–H and O–H groups in total. The third kappa shape index (κ3) is 3.00. The Morgan fingerprint density at radius 2 is 2.31 bits per heavy atom. The number of esters is 1. The fourth-order valence-corrected chi connectivity index (χ4v) is 1.97. The largest absolute Gasteiger partial charge is 0.462 e. The summed E-state index contributed by atoms with van der Waals surface area (Å²) < 4.78 is 30.0. The Morgan fingerprint density at radius 3 is 2.81 bits per heavy atom. The molecule has 0 aliphatic heterocycles. The number of hydrogen-bond donors (Lipinski definition) is 0. The third-order valence-electron chi connectivity index (χ3n) is 1.69. The number of halogens is 4. The Morgan fingerprint density at radius 1 is 1.69 bits per heavy atom. The normalized spacial score (nSPS) is 10.6. The highest BCUT2D eigenvalue weighted by molar-refractivity contribution is 14.1. The van der Waals surface area contributed by atoms with Gasteiger partial charge in [-0.1, -0.05) is 11.6 Å². The first-order chi connectivity index (χ1) is 7.47. The summed E-state index contributed by atoms with van der Waals surface area (Å²) in [6.07, 6.45) is -2.77. The monoisotopic (exact) mass is 361 g/mol. The maximum Gasteiger partial charge on any atom is 0.340 e. The van der Waals surface area contributed by atoms with E-state index in [0.717, 1.165) is 6.07 Å². The van der Waals surface area contributed by atoms with Gasteiger partial charge in [-0.3, -0.25) is 0 Å². The van der Waals surface area contributed by atoms with E-state index in [0.29, 0.717) is 0 Å². The molecule has 0 saturated heterocycles. The van der Waals surface area contributed by atoms with E-state index >= 15 is 0 Å². The summed E-state index contributed by atoms with van der Waals surface area (Å²) in [5.41, 5.74) is -0.465. The van der Waals surface area contributed by atoms with Crippen LogP contribution in [0.1, 0.15) is 29.3 Å². The lowest BCUT2D eigenvalue weighted by atomic mass is 10.2. The Hall–Kier alpha value is -0.500. The number of nitrogens with zero attached hydrogens (tertiary/aromatic N) is 1. The van der Waals surface area contributed by atoms with Crippen LogP contribution in [0.25, 0.3) is 0 Å². The summed E-state index contributed by atoms with van der Waals surface area (Å²) in [5.74, 6) is -0.682. The number of alkyl halides is 2. The number of carbonyl (C=O) groups excluding carboxylic acids is 1. The van der Waals surface area contributed by atoms with Gasteiger partial charge in [-0.05, 0) is 35.6 Å². The molecule has 16 heavy (non-hydrogen) atoms. The predicted molar refractivity (Wildman–Crippen MR) is 62.9 cm³/mol. The van der Waals surface area contributed by atoms with Gasteiger partial charge in [0, 0.05) is 0 Å². The van der Waals surface area contributed by atoms with Crippen LogP contribution in [0.5, 0.6) is 0 Å². The van der Waals surface area contributed by atoms with E-state index in [-0.39, 0.29) is 21.0 Å². The molecule has 0 aliphatic carbocycles. The summed E-state index contributed by atoms with van der Waals surface area (Å²) in [7, 11) is 0. The van der Waals surface area contributed by atoms with Crippen molar-refractivity contribution >= 4 is 40.2 Å². The van der Waals surface area contributed by atoms with Crippen molar-refractivity contribution in [2.45, 2.75) is 13.3 Å². The zero-order valence-electron chi connectivity index (χ0n) is 8.14. The van der Waals surface area contributed by atoms with Gasteiger partial charge in [-0.15, -0.1) is 0 Å². The summed E-state index contributed by atoms with van der Waals surface area (Å²) in [6, 6.07) is 1.01. The molecule has 0 aliphatic rings. The van der Waals surface area contributed by atoms with E-state index in [4.69, 9.17) is 16.3 Å². The summed E-state index contributed by atoms with van der Waals surface area (Å²) in [6.45, 7) is 1.80. The van der Waals surface area contributed by atoms with E-state index in [1.807, 2.05) is 0 Å². The van der Waals surface area contributed by atoms with Crippen molar-refractivity contribution in [3.05, 3.63) is 26.0 Å². The molecule has 88 valence electrons. The maximum absolute atomic E-state index is 12.5. The van der Waals surface area contributed by atoms with Gasteiger partial charge in [0.15, 0.2) is 0 Å². The van der Waals surface area contributed by atoms with Crippen LogP contribution >= 0.6 is 34.2 Å². The molecule has 0 radical (unpaired) electrons. The van der Waals surface area contributed by atoms with Gasteiger partial charge in [0.2, 0.25) is 0 Å². The summed E-state index contributed by atoms with van der Waals surface area (Å²) in [4.78, 5) is 15.1. The van der Waals surface area contributed by atoms with Crippen LogP contribution in [-0.4, -0.2) is 17.6 Å². The number of hydrogen-bond acceptors (Lipinski definition) is 3. The first kappa shape index (κ1) is 13.6. The molecule has 0 atom stereocenters. The Balaban J connectivity index is 3.19. The molecule has 1 rings (SSSR count). The Kier molecular flexibility index (Phi) is 4.85. The van der Waals surface area contributed by atoms with Gasteiger partial charge in [0.1, 0.15) is 8.85 Å². The number of carbonyl (C=O) groups is 1. The average Bonchev–Trinajstić information content (AvgIpc) is 2.17. The average molecular weight is 362 g/mol. The Bertz CT molecular complexity index is 415. The first-order valence-corrected chi connectivity index (χ1v) is 5.74. The highest BCUT2D eigenvalue weighted by Crippen LogP contribution is 2.28. The van der Waals surface area contributed by atoms with Crippen molar-refractivity contribution < 1.29 is 18.3 Å². The van der Waals surface area contributed by atoms with Gasteiger partial charge in [-0.25, -0.2) is 18.6 Å². The molecular formula is C9H7ClF2INO2. The zero-order chi connectivity index (χ0) is 12.3. The number of rotatable bonds is 3. The van der Waals surface area contributed by atoms with Crippen LogP contribution in [0.15, 0.2) is 6.07 Å². The lowest BCUT2D eigenvalue weighted by Gasteiger charge is -2.07. The summed E-state index contributed by atoms with van der Waals surface area (Å²) >= 11 is 7.27. The van der Waals surface area contributed by atoms with Crippen LogP contribution < -0.4 is 0 Å². The van der Waals surface area contributed by atoms with E-state index in [9.17, 15) is 13.6 Å². The highest BCUT2D eigenvalue weighted by Gasteiger charge is 2.20. The minimum atomic E-state index is -2.77. The predicted octanol–water partition coefficient (Wildman–Crippen LogP) is 3.45. The molecule has 0 unspecified atom stereocenters. The van der Waals surface area contributed by atoms with Crippen molar-refractivity contribution in [1.82, 2.24) is 4.98 Å². The zero-order valence-corrected chi connectivity index (χ0v) is 11.1. The van der Waals surface area contributed by atoms with Crippen molar-refractivity contribution in [3.8, 4) is 0 Å². The SMILES string of the molecule is CCOC(=O)c1cc(C(F)F)c(Cl)nc1I. The quantitative estimate of drug-likeness (QED) is 0.470. The molecule has 0 amide bonds. The van der Waals surface area contributed by atoms with Crippen LogP contribution in [0.3, 0.4) is 0 Å². The molecule has 3 nitrogen and oxygen atoms in total. The standard InChI is InChI=1S/C9H7ClF2INO2/c1-2-16-9(15)5-3-4(7(11)12)6(10)14-8(5)13/h3,7H,2H2,1H3. The van der Waals surface area contributed by atoms with Gasteiger partial charge in [-0.2, -0.15) is 0 Å². The maximum atomic E-state index is 12.5. The van der Waals surface area contributed by atoms with Crippen molar-refractivity contribution in [2.75, 3.05) is 6.61 Å². The highest BCUT2D eigenvalue weighted by atomic mass is 127. The molecular weight excluding hydrogens is 354 g/mol. The lowest BCUT2D eigenvalue weighted by Crippen LogP contribution is -2.09. The fourth-order valence-electron chi connectivity index (χ4n) is 0.991.